The van der Waals surface area contributed by atoms with Crippen LogP contribution in [-0.2, 0) is 4.79 Å². The van der Waals surface area contributed by atoms with E-state index in [4.69, 9.17) is 10.8 Å². The van der Waals surface area contributed by atoms with Crippen LogP contribution < -0.4 is 11.1 Å². The maximum atomic E-state index is 10.8. The van der Waals surface area contributed by atoms with Gasteiger partial charge in [0.05, 0.1) is 5.69 Å². The highest BCUT2D eigenvalue weighted by Crippen LogP contribution is 2.13. The Labute approximate surface area is 92.5 Å². The van der Waals surface area contributed by atoms with Crippen molar-refractivity contribution >= 4 is 17.6 Å². The van der Waals surface area contributed by atoms with Gasteiger partial charge < -0.3 is 16.2 Å². The number of primary amides is 1. The van der Waals surface area contributed by atoms with E-state index in [1.165, 1.54) is 12.4 Å². The van der Waals surface area contributed by atoms with Gasteiger partial charge in [0.2, 0.25) is 5.91 Å². The molecule has 0 aliphatic heterocycles. The molecule has 16 heavy (non-hydrogen) atoms. The molecule has 0 saturated carbocycles. The standard InChI is InChI=1S/C10H13N3O3/c11-9(14)2-1-4-13-8-3-5-12-6-7(8)10(15)16/h3,5-6H,1-2,4H2,(H2,11,14)(H,12,13)(H,15,16). The second-order valence-electron chi connectivity index (χ2n) is 3.22. The van der Waals surface area contributed by atoms with Crippen LogP contribution >= 0.6 is 0 Å². The highest BCUT2D eigenvalue weighted by molar-refractivity contribution is 5.93. The Kier molecular flexibility index (Phi) is 4.26. The van der Waals surface area contributed by atoms with Gasteiger partial charge in [-0.05, 0) is 12.5 Å². The Hall–Kier alpha value is -2.11. The number of aromatic carboxylic acids is 1. The summed E-state index contributed by atoms with van der Waals surface area (Å²) in [5.41, 5.74) is 5.58. The number of carbonyl (C=O) groups is 2. The molecule has 0 radical (unpaired) electrons. The van der Waals surface area contributed by atoms with Crippen molar-refractivity contribution in [3.05, 3.63) is 24.0 Å². The normalized spacial score (nSPS) is 9.75. The molecule has 1 aromatic rings. The van der Waals surface area contributed by atoms with Gasteiger partial charge in [0.25, 0.3) is 0 Å². The summed E-state index contributed by atoms with van der Waals surface area (Å²) in [5.74, 6) is -1.40. The smallest absolute Gasteiger partial charge is 0.339 e. The lowest BCUT2D eigenvalue weighted by Gasteiger charge is -2.07. The van der Waals surface area contributed by atoms with Crippen LogP contribution in [0.4, 0.5) is 5.69 Å². The van der Waals surface area contributed by atoms with Crippen molar-refractivity contribution in [1.82, 2.24) is 4.98 Å². The van der Waals surface area contributed by atoms with Crippen LogP contribution in [0.3, 0.4) is 0 Å². The summed E-state index contributed by atoms with van der Waals surface area (Å²) >= 11 is 0. The minimum atomic E-state index is -1.04. The van der Waals surface area contributed by atoms with Crippen molar-refractivity contribution in [1.29, 1.82) is 0 Å². The van der Waals surface area contributed by atoms with Gasteiger partial charge in [-0.25, -0.2) is 4.79 Å². The zero-order chi connectivity index (χ0) is 12.0. The number of nitrogens with one attached hydrogen (secondary N) is 1. The van der Waals surface area contributed by atoms with Crippen LogP contribution in [0.5, 0.6) is 0 Å². The minimum Gasteiger partial charge on any atom is -0.478 e. The van der Waals surface area contributed by atoms with Crippen LogP contribution in [0, 0.1) is 0 Å². The lowest BCUT2D eigenvalue weighted by atomic mass is 10.2. The maximum absolute atomic E-state index is 10.8. The van der Waals surface area contributed by atoms with Gasteiger partial charge in [0.15, 0.2) is 0 Å². The zero-order valence-electron chi connectivity index (χ0n) is 8.64. The van der Waals surface area contributed by atoms with Crippen LogP contribution in [0.15, 0.2) is 18.5 Å². The molecule has 0 aliphatic rings. The summed E-state index contributed by atoms with van der Waals surface area (Å²) < 4.78 is 0. The molecule has 0 aliphatic carbocycles. The topological polar surface area (TPSA) is 105 Å². The molecule has 4 N–H and O–H groups in total. The Bertz CT molecular complexity index is 393. The highest BCUT2D eigenvalue weighted by Gasteiger charge is 2.08. The molecule has 0 fully saturated rings. The molecule has 1 heterocycles. The van der Waals surface area contributed by atoms with Crippen molar-refractivity contribution in [3.63, 3.8) is 0 Å². The fourth-order valence-corrected chi connectivity index (χ4v) is 1.20. The molecule has 0 saturated heterocycles. The number of nitrogens with two attached hydrogens (primary N) is 1. The number of carboxylic acids is 1. The summed E-state index contributed by atoms with van der Waals surface area (Å²) in [5, 5.41) is 11.8. The Morgan fingerprint density at radius 3 is 2.88 bits per heavy atom. The fraction of sp³-hybridized carbons (Fsp3) is 0.300. The number of hydrogen-bond acceptors (Lipinski definition) is 4. The summed E-state index contributed by atoms with van der Waals surface area (Å²) in [6, 6.07) is 1.58. The number of hydrogen-bond donors (Lipinski definition) is 3. The van der Waals surface area contributed by atoms with Crippen LogP contribution in [0.25, 0.3) is 0 Å². The van der Waals surface area contributed by atoms with E-state index in [2.05, 4.69) is 10.3 Å². The molecule has 6 nitrogen and oxygen atoms in total. The Balaban J connectivity index is 2.53. The van der Waals surface area contributed by atoms with Crippen molar-refractivity contribution in [2.24, 2.45) is 5.73 Å². The lowest BCUT2D eigenvalue weighted by Crippen LogP contribution is -2.13. The molecule has 1 amide bonds. The first-order valence-corrected chi connectivity index (χ1v) is 4.80. The maximum Gasteiger partial charge on any atom is 0.339 e. The van der Waals surface area contributed by atoms with Gasteiger partial charge in [-0.15, -0.1) is 0 Å². The summed E-state index contributed by atoms with van der Waals surface area (Å²) in [4.78, 5) is 25.0. The first-order chi connectivity index (χ1) is 7.61. The third-order valence-electron chi connectivity index (χ3n) is 1.97. The predicted molar refractivity (Wildman–Crippen MR) is 58.1 cm³/mol. The molecule has 0 unspecified atom stereocenters. The number of rotatable bonds is 6. The SMILES string of the molecule is NC(=O)CCCNc1ccncc1C(=O)O. The third-order valence-corrected chi connectivity index (χ3v) is 1.97. The van der Waals surface area contributed by atoms with E-state index in [9.17, 15) is 9.59 Å². The van der Waals surface area contributed by atoms with Crippen molar-refractivity contribution in [2.75, 3.05) is 11.9 Å². The Morgan fingerprint density at radius 2 is 2.25 bits per heavy atom. The highest BCUT2D eigenvalue weighted by atomic mass is 16.4. The molecule has 6 heteroatoms. The van der Waals surface area contributed by atoms with Gasteiger partial charge >= 0.3 is 5.97 Å². The monoisotopic (exact) mass is 223 g/mol. The molecule has 86 valence electrons. The number of carboxylic acid groups (broad SMARTS) is 1. The molecule has 0 bridgehead atoms. The van der Waals surface area contributed by atoms with Crippen molar-refractivity contribution in [3.8, 4) is 0 Å². The van der Waals surface area contributed by atoms with Gasteiger partial charge in [-0.1, -0.05) is 0 Å². The minimum absolute atomic E-state index is 0.113. The molecule has 1 rings (SSSR count). The van der Waals surface area contributed by atoms with Gasteiger partial charge in [-0.3, -0.25) is 9.78 Å². The second-order valence-corrected chi connectivity index (χ2v) is 3.22. The number of amides is 1. The number of nitrogens with zero attached hydrogens (tertiary/aromatic N) is 1. The first kappa shape index (κ1) is 12.0. The van der Waals surface area contributed by atoms with E-state index in [1.807, 2.05) is 0 Å². The molecule has 0 atom stereocenters. The zero-order valence-corrected chi connectivity index (χ0v) is 8.64. The average molecular weight is 223 g/mol. The molecule has 1 aromatic heterocycles. The second kappa shape index (κ2) is 5.69. The van der Waals surface area contributed by atoms with Gasteiger partial charge in [-0.2, -0.15) is 0 Å². The number of anilines is 1. The van der Waals surface area contributed by atoms with E-state index < -0.39 is 5.97 Å². The van der Waals surface area contributed by atoms with E-state index in [0.717, 1.165) is 0 Å². The summed E-state index contributed by atoms with van der Waals surface area (Å²) in [6.07, 6.45) is 3.62. The van der Waals surface area contributed by atoms with Crippen molar-refractivity contribution in [2.45, 2.75) is 12.8 Å². The van der Waals surface area contributed by atoms with E-state index in [0.29, 0.717) is 18.7 Å². The van der Waals surface area contributed by atoms with Crippen LogP contribution in [0.2, 0.25) is 0 Å². The van der Waals surface area contributed by atoms with Crippen molar-refractivity contribution < 1.29 is 14.7 Å². The lowest BCUT2D eigenvalue weighted by molar-refractivity contribution is -0.118. The molecule has 0 spiro atoms. The van der Waals surface area contributed by atoms with Crippen LogP contribution in [-0.4, -0.2) is 28.5 Å². The first-order valence-electron chi connectivity index (χ1n) is 4.80. The summed E-state index contributed by atoms with van der Waals surface area (Å²) in [6.45, 7) is 0.493. The molecular formula is C10H13N3O3. The molecular weight excluding hydrogens is 210 g/mol. The number of aromatic nitrogens is 1. The van der Waals surface area contributed by atoms with E-state index in [-0.39, 0.29) is 17.9 Å². The van der Waals surface area contributed by atoms with Gasteiger partial charge in [0, 0.05) is 25.4 Å². The predicted octanol–water partition coefficient (Wildman–Crippen LogP) is 0.457. The van der Waals surface area contributed by atoms with Crippen LogP contribution in [0.1, 0.15) is 23.2 Å². The van der Waals surface area contributed by atoms with Gasteiger partial charge in [0.1, 0.15) is 5.56 Å². The fourth-order valence-electron chi connectivity index (χ4n) is 1.20. The average Bonchev–Trinajstić information content (AvgIpc) is 2.24. The largest absolute Gasteiger partial charge is 0.478 e. The number of pyridine rings is 1. The van der Waals surface area contributed by atoms with E-state index >= 15 is 0 Å². The number of carbonyl (C=O) groups excluding carboxylic acids is 1. The molecule has 0 aromatic carbocycles. The quantitative estimate of drug-likeness (QED) is 0.607. The van der Waals surface area contributed by atoms with E-state index in [1.54, 1.807) is 6.07 Å². The third kappa shape index (κ3) is 3.56. The summed E-state index contributed by atoms with van der Waals surface area (Å²) in [7, 11) is 0. The Morgan fingerprint density at radius 1 is 1.50 bits per heavy atom.